The summed E-state index contributed by atoms with van der Waals surface area (Å²) in [5, 5.41) is 6.80. The molecule has 4 aromatic rings. The molecule has 0 spiro atoms. The number of hydrogen-bond acceptors (Lipinski definition) is 6. The number of hydrogen-bond donors (Lipinski definition) is 1. The summed E-state index contributed by atoms with van der Waals surface area (Å²) in [6, 6.07) is 7.07. The van der Waals surface area contributed by atoms with Crippen LogP contribution in [0.5, 0.6) is 0 Å². The fourth-order valence-corrected chi connectivity index (χ4v) is 2.91. The van der Waals surface area contributed by atoms with E-state index in [0.29, 0.717) is 5.69 Å². The number of benzene rings is 1. The highest BCUT2D eigenvalue weighted by Crippen LogP contribution is 2.13. The summed E-state index contributed by atoms with van der Waals surface area (Å²) in [4.78, 5) is 44.8. The second kappa shape index (κ2) is 6.61. The molecule has 11 heteroatoms. The van der Waals surface area contributed by atoms with Gasteiger partial charge in [-0.25, -0.2) is 19.4 Å². The van der Waals surface area contributed by atoms with Crippen LogP contribution >= 0.6 is 0 Å². The summed E-state index contributed by atoms with van der Waals surface area (Å²) in [6.07, 6.45) is 4.38. The third kappa shape index (κ3) is 2.88. The van der Waals surface area contributed by atoms with E-state index in [1.165, 1.54) is 35.9 Å². The highest BCUT2D eigenvalue weighted by molar-refractivity contribution is 5.91. The predicted octanol–water partition coefficient (Wildman–Crippen LogP) is -0.347. The number of aromatic nitrogens is 7. The molecule has 1 amide bonds. The van der Waals surface area contributed by atoms with Gasteiger partial charge in [0.1, 0.15) is 19.2 Å². The van der Waals surface area contributed by atoms with Crippen molar-refractivity contribution in [2.24, 2.45) is 14.1 Å². The van der Waals surface area contributed by atoms with Crippen molar-refractivity contribution in [2.75, 3.05) is 5.32 Å². The van der Waals surface area contributed by atoms with E-state index in [1.807, 2.05) is 0 Å². The number of nitrogens with zero attached hydrogens (tertiary/aromatic N) is 7. The van der Waals surface area contributed by atoms with Gasteiger partial charge in [-0.3, -0.25) is 18.7 Å². The van der Waals surface area contributed by atoms with Gasteiger partial charge in [0.15, 0.2) is 11.2 Å². The van der Waals surface area contributed by atoms with Crippen LogP contribution in [0.2, 0.25) is 0 Å². The number of aryl methyl sites for hydroxylation is 1. The zero-order valence-corrected chi connectivity index (χ0v) is 15.1. The van der Waals surface area contributed by atoms with Crippen LogP contribution in [0.3, 0.4) is 0 Å². The average Bonchev–Trinajstić information content (AvgIpc) is 3.35. The van der Waals surface area contributed by atoms with Crippen LogP contribution in [-0.4, -0.2) is 39.4 Å². The van der Waals surface area contributed by atoms with Crippen LogP contribution in [0.4, 0.5) is 5.69 Å². The Bertz CT molecular complexity index is 1280. The Morgan fingerprint density at radius 3 is 2.50 bits per heavy atom. The minimum absolute atomic E-state index is 0.116. The first-order valence-corrected chi connectivity index (χ1v) is 8.31. The Balaban J connectivity index is 1.56. The van der Waals surface area contributed by atoms with E-state index in [9.17, 15) is 14.4 Å². The van der Waals surface area contributed by atoms with E-state index in [0.717, 1.165) is 10.3 Å². The number of imidazole rings is 1. The molecule has 142 valence electrons. The minimum Gasteiger partial charge on any atom is -0.325 e. The molecule has 0 bridgehead atoms. The first-order chi connectivity index (χ1) is 13.5. The molecule has 3 heterocycles. The maximum absolute atomic E-state index is 12.4. The van der Waals surface area contributed by atoms with E-state index >= 15 is 0 Å². The predicted molar refractivity (Wildman–Crippen MR) is 100 cm³/mol. The fraction of sp³-hybridized carbons (Fsp3) is 0.176. The topological polar surface area (TPSA) is 122 Å². The van der Waals surface area contributed by atoms with Gasteiger partial charge in [0.2, 0.25) is 5.91 Å². The van der Waals surface area contributed by atoms with Crippen LogP contribution in [0.25, 0.3) is 16.9 Å². The lowest BCUT2D eigenvalue weighted by Gasteiger charge is -2.08. The summed E-state index contributed by atoms with van der Waals surface area (Å²) in [7, 11) is 2.91. The third-order valence-electron chi connectivity index (χ3n) is 4.37. The summed E-state index contributed by atoms with van der Waals surface area (Å²) < 4.78 is 5.29. The molecule has 0 aliphatic heterocycles. The zero-order chi connectivity index (χ0) is 19.8. The fourth-order valence-electron chi connectivity index (χ4n) is 2.91. The number of amides is 1. The Hall–Kier alpha value is -4.02. The third-order valence-corrected chi connectivity index (χ3v) is 4.37. The lowest BCUT2D eigenvalue weighted by Crippen LogP contribution is -2.37. The van der Waals surface area contributed by atoms with Gasteiger partial charge in [-0.05, 0) is 24.3 Å². The van der Waals surface area contributed by atoms with Gasteiger partial charge in [0, 0.05) is 19.8 Å². The summed E-state index contributed by atoms with van der Waals surface area (Å²) in [5.74, 6) is -0.330. The number of anilines is 1. The van der Waals surface area contributed by atoms with E-state index in [-0.39, 0.29) is 23.6 Å². The first kappa shape index (κ1) is 17.4. The molecule has 0 unspecified atom stereocenters. The first-order valence-electron chi connectivity index (χ1n) is 8.31. The van der Waals surface area contributed by atoms with Gasteiger partial charge >= 0.3 is 5.69 Å². The number of rotatable bonds is 4. The number of carbonyl (C=O) groups is 1. The Kier molecular flexibility index (Phi) is 4.11. The molecule has 0 aliphatic carbocycles. The van der Waals surface area contributed by atoms with Gasteiger partial charge in [-0.1, -0.05) is 0 Å². The smallest absolute Gasteiger partial charge is 0.325 e. The maximum Gasteiger partial charge on any atom is 0.332 e. The molecule has 1 N–H and O–H groups in total. The van der Waals surface area contributed by atoms with Crippen molar-refractivity contribution in [3.05, 3.63) is 64.1 Å². The normalized spacial score (nSPS) is 11.1. The molecule has 4 rings (SSSR count). The van der Waals surface area contributed by atoms with Crippen LogP contribution in [-0.2, 0) is 25.4 Å². The summed E-state index contributed by atoms with van der Waals surface area (Å²) in [6.45, 7) is -0.116. The lowest BCUT2D eigenvalue weighted by atomic mass is 10.3. The number of nitrogens with one attached hydrogen (secondary N) is 1. The van der Waals surface area contributed by atoms with Crippen molar-refractivity contribution in [1.29, 1.82) is 0 Å². The van der Waals surface area contributed by atoms with E-state index in [2.05, 4.69) is 20.4 Å². The van der Waals surface area contributed by atoms with Gasteiger partial charge in [0.05, 0.1) is 12.0 Å². The van der Waals surface area contributed by atoms with E-state index < -0.39 is 11.2 Å². The average molecular weight is 380 g/mol. The molecule has 28 heavy (non-hydrogen) atoms. The van der Waals surface area contributed by atoms with Crippen LogP contribution in [0.15, 0.2) is 52.8 Å². The lowest BCUT2D eigenvalue weighted by molar-refractivity contribution is -0.116. The molecule has 0 saturated carbocycles. The summed E-state index contributed by atoms with van der Waals surface area (Å²) >= 11 is 0. The Morgan fingerprint density at radius 1 is 1.07 bits per heavy atom. The molecule has 0 fully saturated rings. The molecule has 1 aromatic carbocycles. The quantitative estimate of drug-likeness (QED) is 0.517. The molecule has 11 nitrogen and oxygen atoms in total. The monoisotopic (exact) mass is 380 g/mol. The van der Waals surface area contributed by atoms with Crippen molar-refractivity contribution in [3.8, 4) is 5.69 Å². The SMILES string of the molecule is Cn1c(=O)c2c(ncn2CC(=O)Nc2ccc(-n3cncn3)cc2)n(C)c1=O. The van der Waals surface area contributed by atoms with Gasteiger partial charge < -0.3 is 9.88 Å². The summed E-state index contributed by atoms with van der Waals surface area (Å²) in [5.41, 5.74) is 0.860. The van der Waals surface area contributed by atoms with Gasteiger partial charge in [0.25, 0.3) is 5.56 Å². The zero-order valence-electron chi connectivity index (χ0n) is 15.1. The Morgan fingerprint density at radius 2 is 1.82 bits per heavy atom. The minimum atomic E-state index is -0.499. The van der Waals surface area contributed by atoms with Crippen molar-refractivity contribution in [2.45, 2.75) is 6.54 Å². The largest absolute Gasteiger partial charge is 0.332 e. The molecule has 0 radical (unpaired) electrons. The number of carbonyl (C=O) groups excluding carboxylic acids is 1. The van der Waals surface area contributed by atoms with Crippen LogP contribution in [0, 0.1) is 0 Å². The van der Waals surface area contributed by atoms with Crippen molar-refractivity contribution in [3.63, 3.8) is 0 Å². The van der Waals surface area contributed by atoms with Crippen LogP contribution in [0.1, 0.15) is 0 Å². The maximum atomic E-state index is 12.4. The second-order valence-corrected chi connectivity index (χ2v) is 6.19. The van der Waals surface area contributed by atoms with Crippen molar-refractivity contribution >= 4 is 22.8 Å². The van der Waals surface area contributed by atoms with Gasteiger partial charge in [-0.2, -0.15) is 5.10 Å². The highest BCUT2D eigenvalue weighted by Gasteiger charge is 2.16. The molecular formula is C17H16N8O3. The van der Waals surface area contributed by atoms with Crippen molar-refractivity contribution < 1.29 is 4.79 Å². The molecule has 0 aliphatic rings. The molecular weight excluding hydrogens is 364 g/mol. The van der Waals surface area contributed by atoms with Crippen LogP contribution < -0.4 is 16.6 Å². The molecule has 0 atom stereocenters. The van der Waals surface area contributed by atoms with E-state index in [4.69, 9.17) is 0 Å². The highest BCUT2D eigenvalue weighted by atomic mass is 16.2. The Labute approximate surface area is 157 Å². The van der Waals surface area contributed by atoms with Crippen molar-refractivity contribution in [1.82, 2.24) is 33.4 Å². The molecule has 0 saturated heterocycles. The van der Waals surface area contributed by atoms with Gasteiger partial charge in [-0.15, -0.1) is 0 Å². The molecule has 3 aromatic heterocycles. The number of fused-ring (bicyclic) bond motifs is 1. The standard InChI is InChI=1S/C17H16N8O3/c1-22-15-14(16(27)23(2)17(22)28)24(10-19-15)7-13(26)21-11-3-5-12(6-4-11)25-9-18-8-20-25/h3-6,8-10H,7H2,1-2H3,(H,21,26). The van der Waals surface area contributed by atoms with E-state index in [1.54, 1.807) is 35.3 Å². The second-order valence-electron chi connectivity index (χ2n) is 6.19.